The van der Waals surface area contributed by atoms with Gasteiger partial charge < -0.3 is 14.8 Å². The number of aryl methyl sites for hydroxylation is 1. The Morgan fingerprint density at radius 1 is 0.868 bits per heavy atom. The number of rotatable bonds is 9. The van der Waals surface area contributed by atoms with Crippen LogP contribution in [0, 0.1) is 5.92 Å². The largest absolute Gasteiger partial charge is 0.462 e. The van der Waals surface area contributed by atoms with Crippen molar-refractivity contribution >= 4 is 47.3 Å². The van der Waals surface area contributed by atoms with Crippen molar-refractivity contribution in [3.63, 3.8) is 0 Å². The number of anilines is 2. The first-order valence-corrected chi connectivity index (χ1v) is 13.3. The number of fused-ring (bicyclic) bond motifs is 1. The van der Waals surface area contributed by atoms with Crippen molar-refractivity contribution in [2.75, 3.05) is 5.32 Å². The second-order valence-electron chi connectivity index (χ2n) is 10.1. The molecule has 3 aromatic rings. The van der Waals surface area contributed by atoms with E-state index in [0.29, 0.717) is 0 Å². The van der Waals surface area contributed by atoms with Gasteiger partial charge in [0.05, 0.1) is 12.2 Å². The molecule has 0 amide bonds. The maximum atomic E-state index is 12.6. The zero-order valence-corrected chi connectivity index (χ0v) is 23.8. The third kappa shape index (κ3) is 7.52. The second-order valence-corrected chi connectivity index (χ2v) is 10.5. The summed E-state index contributed by atoms with van der Waals surface area (Å²) in [7, 11) is 0. The van der Waals surface area contributed by atoms with E-state index >= 15 is 0 Å². The van der Waals surface area contributed by atoms with E-state index in [2.05, 4.69) is 23.5 Å². The van der Waals surface area contributed by atoms with Gasteiger partial charge in [-0.05, 0) is 112 Å². The Morgan fingerprint density at radius 2 is 1.53 bits per heavy atom. The van der Waals surface area contributed by atoms with Gasteiger partial charge >= 0.3 is 11.9 Å². The van der Waals surface area contributed by atoms with Gasteiger partial charge in [-0.2, -0.15) is 0 Å². The molecular weight excluding hydrogens is 521 g/mol. The molecule has 0 heterocycles. The molecule has 0 aromatic heterocycles. The summed E-state index contributed by atoms with van der Waals surface area (Å²) < 4.78 is 10.7. The van der Waals surface area contributed by atoms with E-state index in [1.54, 1.807) is 27.7 Å². The lowest BCUT2D eigenvalue weighted by molar-refractivity contribution is -0.166. The Balaban J connectivity index is 0.00000400. The van der Waals surface area contributed by atoms with Crippen LogP contribution in [-0.2, 0) is 38.3 Å². The molecule has 0 atom stereocenters. The summed E-state index contributed by atoms with van der Waals surface area (Å²) in [6, 6.07) is 20.2. The molecule has 0 fully saturated rings. The summed E-state index contributed by atoms with van der Waals surface area (Å²) >= 11 is 6.25. The van der Waals surface area contributed by atoms with Crippen molar-refractivity contribution in [2.45, 2.75) is 65.6 Å². The molecule has 5 nitrogen and oxygen atoms in total. The van der Waals surface area contributed by atoms with Gasteiger partial charge in [0, 0.05) is 16.4 Å². The monoisotopic (exact) mass is 555 g/mol. The Hall–Kier alpha value is -3.02. The zero-order chi connectivity index (χ0) is 26.5. The van der Waals surface area contributed by atoms with Crippen LogP contribution in [0.4, 0.5) is 11.4 Å². The van der Waals surface area contributed by atoms with Gasteiger partial charge in [-0.1, -0.05) is 41.9 Å². The van der Waals surface area contributed by atoms with Crippen LogP contribution in [0.25, 0.3) is 11.1 Å². The molecule has 3 aromatic carbocycles. The van der Waals surface area contributed by atoms with Crippen molar-refractivity contribution in [3.8, 4) is 11.1 Å². The van der Waals surface area contributed by atoms with Crippen molar-refractivity contribution in [3.05, 3.63) is 82.4 Å². The van der Waals surface area contributed by atoms with Crippen LogP contribution in [0.2, 0.25) is 5.02 Å². The SMILES string of the molecule is CC(C)OC(=O)C(Cc1ccc(Nc2cc(-c3cccc(Cl)c3)cc3c2CCC3)cc1)C(=O)OC(C)C.Cl. The van der Waals surface area contributed by atoms with E-state index in [4.69, 9.17) is 21.1 Å². The molecule has 0 bridgehead atoms. The molecule has 0 unspecified atom stereocenters. The fourth-order valence-corrected chi connectivity index (χ4v) is 4.85. The van der Waals surface area contributed by atoms with Crippen LogP contribution in [0.3, 0.4) is 0 Å². The molecule has 0 radical (unpaired) electrons. The first-order valence-electron chi connectivity index (χ1n) is 12.9. The smallest absolute Gasteiger partial charge is 0.320 e. The highest BCUT2D eigenvalue weighted by Gasteiger charge is 2.31. The van der Waals surface area contributed by atoms with Gasteiger partial charge in [0.2, 0.25) is 0 Å². The normalized spacial score (nSPS) is 12.3. The summed E-state index contributed by atoms with van der Waals surface area (Å²) in [6.07, 6.45) is 2.86. The number of nitrogens with one attached hydrogen (secondary N) is 1. The maximum Gasteiger partial charge on any atom is 0.320 e. The fourth-order valence-electron chi connectivity index (χ4n) is 4.66. The number of benzene rings is 3. The second kappa shape index (κ2) is 13.2. The van der Waals surface area contributed by atoms with Crippen LogP contribution >= 0.6 is 24.0 Å². The van der Waals surface area contributed by atoms with Crippen molar-refractivity contribution in [1.82, 2.24) is 0 Å². The topological polar surface area (TPSA) is 64.6 Å². The Bertz CT molecular complexity index is 1250. The minimum atomic E-state index is -0.999. The quantitative estimate of drug-likeness (QED) is 0.216. The van der Waals surface area contributed by atoms with Crippen LogP contribution in [-0.4, -0.2) is 24.1 Å². The molecule has 1 N–H and O–H groups in total. The molecule has 1 aliphatic rings. The molecule has 4 rings (SSSR count). The molecule has 0 aliphatic heterocycles. The molecule has 38 heavy (non-hydrogen) atoms. The number of ether oxygens (including phenoxy) is 2. The van der Waals surface area contributed by atoms with Gasteiger partial charge in [0.25, 0.3) is 0 Å². The van der Waals surface area contributed by atoms with Gasteiger partial charge in [0.15, 0.2) is 5.92 Å². The predicted molar refractivity (Wildman–Crippen MR) is 156 cm³/mol. The van der Waals surface area contributed by atoms with Gasteiger partial charge in [0.1, 0.15) is 0 Å². The summed E-state index contributed by atoms with van der Waals surface area (Å²) in [5, 5.41) is 4.31. The average Bonchev–Trinajstić information content (AvgIpc) is 3.31. The number of hydrogen-bond acceptors (Lipinski definition) is 5. The number of halogens is 2. The lowest BCUT2D eigenvalue weighted by Crippen LogP contribution is -2.32. The lowest BCUT2D eigenvalue weighted by Gasteiger charge is -2.19. The summed E-state index contributed by atoms with van der Waals surface area (Å²) in [5.41, 5.74) is 7.83. The molecule has 0 saturated heterocycles. The fraction of sp³-hybridized carbons (Fsp3) is 0.355. The zero-order valence-electron chi connectivity index (χ0n) is 22.3. The van der Waals surface area contributed by atoms with Gasteiger partial charge in [-0.3, -0.25) is 9.59 Å². The lowest BCUT2D eigenvalue weighted by atomic mass is 9.98. The highest BCUT2D eigenvalue weighted by Crippen LogP contribution is 2.36. The Morgan fingerprint density at radius 3 is 2.13 bits per heavy atom. The number of carbonyl (C=O) groups is 2. The molecular formula is C31H35Cl2NO4. The molecule has 202 valence electrons. The van der Waals surface area contributed by atoms with Crippen LogP contribution in [0.1, 0.15) is 50.8 Å². The molecule has 1 aliphatic carbocycles. The van der Waals surface area contributed by atoms with Crippen molar-refractivity contribution < 1.29 is 19.1 Å². The minimum absolute atomic E-state index is 0. The van der Waals surface area contributed by atoms with E-state index in [1.165, 1.54) is 11.1 Å². The summed E-state index contributed by atoms with van der Waals surface area (Å²) in [6.45, 7) is 7.06. The number of esters is 2. The molecule has 0 spiro atoms. The van der Waals surface area contributed by atoms with E-state index in [0.717, 1.165) is 52.4 Å². The van der Waals surface area contributed by atoms with E-state index in [1.807, 2.05) is 42.5 Å². The first kappa shape index (κ1) is 29.5. The minimum Gasteiger partial charge on any atom is -0.462 e. The predicted octanol–water partition coefficient (Wildman–Crippen LogP) is 7.72. The number of hydrogen-bond donors (Lipinski definition) is 1. The van der Waals surface area contributed by atoms with Crippen molar-refractivity contribution in [1.29, 1.82) is 0 Å². The van der Waals surface area contributed by atoms with E-state index in [-0.39, 0.29) is 31.0 Å². The first-order chi connectivity index (χ1) is 17.7. The molecule has 7 heteroatoms. The van der Waals surface area contributed by atoms with Crippen molar-refractivity contribution in [2.24, 2.45) is 5.92 Å². The van der Waals surface area contributed by atoms with E-state index in [9.17, 15) is 9.59 Å². The third-order valence-electron chi connectivity index (χ3n) is 6.32. The third-order valence-corrected chi connectivity index (χ3v) is 6.55. The summed E-state index contributed by atoms with van der Waals surface area (Å²) in [5.74, 6) is -2.12. The Kier molecular flexibility index (Phi) is 10.2. The van der Waals surface area contributed by atoms with E-state index < -0.39 is 17.9 Å². The van der Waals surface area contributed by atoms with Crippen LogP contribution in [0.15, 0.2) is 60.7 Å². The highest BCUT2D eigenvalue weighted by molar-refractivity contribution is 6.30. The van der Waals surface area contributed by atoms with Gasteiger partial charge in [-0.25, -0.2) is 0 Å². The van der Waals surface area contributed by atoms with Crippen LogP contribution < -0.4 is 5.32 Å². The maximum absolute atomic E-state index is 12.6. The molecule has 0 saturated carbocycles. The standard InChI is InChI=1S/C31H34ClNO4.ClH/c1-19(2)36-30(34)28(31(35)37-20(3)4)15-21-11-13-26(14-12-21)33-29-18-24(16-23-8-6-10-27(23)29)22-7-5-9-25(32)17-22;/h5,7,9,11-14,16-20,28,33H,6,8,10,15H2,1-4H3;1H. The average molecular weight is 557 g/mol. The van der Waals surface area contributed by atoms with Gasteiger partial charge in [-0.15, -0.1) is 12.4 Å². The number of carbonyl (C=O) groups excluding carboxylic acids is 2. The van der Waals surface area contributed by atoms with Crippen LogP contribution in [0.5, 0.6) is 0 Å². The Labute approximate surface area is 236 Å². The highest BCUT2D eigenvalue weighted by atomic mass is 35.5. The summed E-state index contributed by atoms with van der Waals surface area (Å²) in [4.78, 5) is 25.2.